The molecule has 0 heterocycles. The Morgan fingerprint density at radius 2 is 2.05 bits per heavy atom. The molecule has 0 aromatic heterocycles. The molecule has 4 nitrogen and oxygen atoms in total. The topological polar surface area (TPSA) is 62.1 Å². The van der Waals surface area contributed by atoms with Crippen molar-refractivity contribution < 1.29 is 9.53 Å². The van der Waals surface area contributed by atoms with Gasteiger partial charge in [-0.3, -0.25) is 4.79 Å². The number of rotatable bonds is 7. The second kappa shape index (κ2) is 7.66. The minimum Gasteiger partial charge on any atom is -0.367 e. The second-order valence-electron chi connectivity index (χ2n) is 5.57. The van der Waals surface area contributed by atoms with Crippen molar-refractivity contribution in [3.63, 3.8) is 0 Å². The zero-order valence-corrected chi connectivity index (χ0v) is 12.3. The predicted molar refractivity (Wildman–Crippen MR) is 77.7 cm³/mol. The van der Waals surface area contributed by atoms with Gasteiger partial charge in [0.2, 0.25) is 5.91 Å². The Bertz CT molecular complexity index is 465. The lowest BCUT2D eigenvalue weighted by Crippen LogP contribution is -2.47. The lowest BCUT2D eigenvalue weighted by atomic mass is 9.92. The Kier molecular flexibility index (Phi) is 6.20. The molecular formula is C16H22N2O2. The van der Waals surface area contributed by atoms with Crippen molar-refractivity contribution in [1.29, 1.82) is 5.26 Å². The predicted octanol–water partition coefficient (Wildman–Crippen LogP) is 2.65. The van der Waals surface area contributed by atoms with Gasteiger partial charge in [0.05, 0.1) is 12.7 Å². The smallest absolute Gasteiger partial charge is 0.247 e. The first-order chi connectivity index (χ1) is 9.45. The van der Waals surface area contributed by atoms with Crippen LogP contribution < -0.4 is 5.32 Å². The molecular weight excluding hydrogens is 252 g/mol. The number of benzene rings is 1. The number of carbonyl (C=O) groups excluding carboxylic acids is 1. The highest BCUT2D eigenvalue weighted by atomic mass is 16.5. The number of nitrogens with one attached hydrogen (secondary N) is 1. The molecule has 1 amide bonds. The van der Waals surface area contributed by atoms with Crippen LogP contribution in [-0.4, -0.2) is 18.1 Å². The molecule has 0 saturated heterocycles. The van der Waals surface area contributed by atoms with Gasteiger partial charge in [-0.15, -0.1) is 0 Å². The van der Waals surface area contributed by atoms with Gasteiger partial charge in [0.25, 0.3) is 0 Å². The quantitative estimate of drug-likeness (QED) is 0.831. The van der Waals surface area contributed by atoms with Gasteiger partial charge in [0, 0.05) is 0 Å². The summed E-state index contributed by atoms with van der Waals surface area (Å²) in [5.74, 6) is 0.0795. The Morgan fingerprint density at radius 3 is 2.60 bits per heavy atom. The molecule has 0 aliphatic heterocycles. The van der Waals surface area contributed by atoms with Crippen molar-refractivity contribution in [3.05, 3.63) is 35.9 Å². The van der Waals surface area contributed by atoms with Crippen LogP contribution in [-0.2, 0) is 16.1 Å². The summed E-state index contributed by atoms with van der Waals surface area (Å²) in [7, 11) is 0. The molecule has 0 bridgehead atoms. The van der Waals surface area contributed by atoms with Crippen LogP contribution in [0.2, 0.25) is 0 Å². The molecule has 1 N–H and O–H groups in total. The third-order valence-corrected chi connectivity index (χ3v) is 2.82. The molecule has 4 heteroatoms. The first-order valence-electron chi connectivity index (χ1n) is 6.79. The highest BCUT2D eigenvalue weighted by Gasteiger charge is 2.26. The van der Waals surface area contributed by atoms with E-state index in [9.17, 15) is 10.1 Å². The van der Waals surface area contributed by atoms with Crippen LogP contribution in [0, 0.1) is 17.2 Å². The molecule has 108 valence electrons. The van der Waals surface area contributed by atoms with Crippen molar-refractivity contribution >= 4 is 5.91 Å². The van der Waals surface area contributed by atoms with E-state index >= 15 is 0 Å². The number of amides is 1. The molecule has 1 rings (SSSR count). The van der Waals surface area contributed by atoms with Crippen molar-refractivity contribution in [2.75, 3.05) is 6.61 Å². The van der Waals surface area contributed by atoms with E-state index < -0.39 is 5.54 Å². The number of carbonyl (C=O) groups is 1. The normalized spacial score (nSPS) is 13.6. The number of hydrogen-bond acceptors (Lipinski definition) is 3. The average molecular weight is 274 g/mol. The van der Waals surface area contributed by atoms with Gasteiger partial charge < -0.3 is 10.1 Å². The number of ether oxygens (including phenoxy) is 1. The zero-order chi connectivity index (χ0) is 15.0. The van der Waals surface area contributed by atoms with Crippen LogP contribution in [0.5, 0.6) is 0 Å². The molecule has 1 aromatic rings. The zero-order valence-electron chi connectivity index (χ0n) is 12.3. The van der Waals surface area contributed by atoms with E-state index in [1.807, 2.05) is 44.2 Å². The lowest BCUT2D eigenvalue weighted by molar-refractivity contribution is -0.127. The molecule has 0 spiro atoms. The third-order valence-electron chi connectivity index (χ3n) is 2.82. The van der Waals surface area contributed by atoms with Crippen molar-refractivity contribution in [2.24, 2.45) is 5.92 Å². The average Bonchev–Trinajstić information content (AvgIpc) is 2.39. The molecule has 0 unspecified atom stereocenters. The van der Waals surface area contributed by atoms with Crippen molar-refractivity contribution in [2.45, 2.75) is 39.3 Å². The minimum atomic E-state index is -0.832. The number of nitrogens with zero attached hydrogens (tertiary/aromatic N) is 1. The molecule has 1 atom stereocenters. The van der Waals surface area contributed by atoms with E-state index in [-0.39, 0.29) is 12.5 Å². The summed E-state index contributed by atoms with van der Waals surface area (Å²) in [5, 5.41) is 11.9. The highest BCUT2D eigenvalue weighted by molar-refractivity contribution is 5.78. The first-order valence-corrected chi connectivity index (χ1v) is 6.79. The summed E-state index contributed by atoms with van der Waals surface area (Å²) in [5.41, 5.74) is 0.187. The summed E-state index contributed by atoms with van der Waals surface area (Å²) < 4.78 is 5.36. The van der Waals surface area contributed by atoms with Crippen LogP contribution in [0.15, 0.2) is 30.3 Å². The van der Waals surface area contributed by atoms with Gasteiger partial charge in [-0.2, -0.15) is 5.26 Å². The van der Waals surface area contributed by atoms with Gasteiger partial charge in [-0.1, -0.05) is 44.2 Å². The van der Waals surface area contributed by atoms with E-state index in [2.05, 4.69) is 11.4 Å². The van der Waals surface area contributed by atoms with Crippen LogP contribution >= 0.6 is 0 Å². The number of nitriles is 1. The monoisotopic (exact) mass is 274 g/mol. The molecule has 0 saturated carbocycles. The van der Waals surface area contributed by atoms with E-state index in [0.29, 0.717) is 18.9 Å². The summed E-state index contributed by atoms with van der Waals surface area (Å²) in [6.45, 7) is 6.13. The standard InChI is InChI=1S/C16H22N2O2/c1-13(2)9-16(3,12-17)18-15(19)11-20-10-14-7-5-4-6-8-14/h4-8,13H,9-11H2,1-3H3,(H,18,19)/t16-/m0/s1. The van der Waals surface area contributed by atoms with E-state index in [1.165, 1.54) is 0 Å². The maximum atomic E-state index is 11.8. The van der Waals surface area contributed by atoms with Crippen LogP contribution in [0.3, 0.4) is 0 Å². The van der Waals surface area contributed by atoms with E-state index in [0.717, 1.165) is 5.56 Å². The molecule has 0 aliphatic rings. The summed E-state index contributed by atoms with van der Waals surface area (Å²) >= 11 is 0. The van der Waals surface area contributed by atoms with Gasteiger partial charge in [0.1, 0.15) is 12.1 Å². The minimum absolute atomic E-state index is 0.0374. The molecule has 0 aliphatic carbocycles. The number of hydrogen-bond donors (Lipinski definition) is 1. The molecule has 1 aromatic carbocycles. The summed E-state index contributed by atoms with van der Waals surface area (Å²) in [6, 6.07) is 11.8. The Hall–Kier alpha value is -1.86. The summed E-state index contributed by atoms with van der Waals surface area (Å²) in [4.78, 5) is 11.8. The van der Waals surface area contributed by atoms with E-state index in [4.69, 9.17) is 4.74 Å². The van der Waals surface area contributed by atoms with Crippen LogP contribution in [0.4, 0.5) is 0 Å². The second-order valence-corrected chi connectivity index (χ2v) is 5.57. The Labute approximate surface area is 120 Å². The van der Waals surface area contributed by atoms with E-state index in [1.54, 1.807) is 6.92 Å². The van der Waals surface area contributed by atoms with Crippen LogP contribution in [0.1, 0.15) is 32.8 Å². The van der Waals surface area contributed by atoms with Gasteiger partial charge in [0.15, 0.2) is 0 Å². The molecule has 0 fully saturated rings. The fraction of sp³-hybridized carbons (Fsp3) is 0.500. The fourth-order valence-corrected chi connectivity index (χ4v) is 2.12. The third kappa shape index (κ3) is 5.85. The molecule has 0 radical (unpaired) electrons. The SMILES string of the molecule is CC(C)C[C@@](C)(C#N)NC(=O)COCc1ccccc1. The highest BCUT2D eigenvalue weighted by Crippen LogP contribution is 2.15. The largest absolute Gasteiger partial charge is 0.367 e. The van der Waals surface area contributed by atoms with Crippen molar-refractivity contribution in [1.82, 2.24) is 5.32 Å². The lowest BCUT2D eigenvalue weighted by Gasteiger charge is -2.25. The first kappa shape index (κ1) is 16.2. The maximum absolute atomic E-state index is 11.8. The Balaban J connectivity index is 2.38. The van der Waals surface area contributed by atoms with Crippen LogP contribution in [0.25, 0.3) is 0 Å². The van der Waals surface area contributed by atoms with Crippen molar-refractivity contribution in [3.8, 4) is 6.07 Å². The maximum Gasteiger partial charge on any atom is 0.247 e. The van der Waals surface area contributed by atoms with Gasteiger partial charge in [-0.05, 0) is 24.8 Å². The fourth-order valence-electron chi connectivity index (χ4n) is 2.12. The Morgan fingerprint density at radius 1 is 1.40 bits per heavy atom. The summed E-state index contributed by atoms with van der Waals surface area (Å²) in [6.07, 6.45) is 0.619. The van der Waals surface area contributed by atoms with Gasteiger partial charge >= 0.3 is 0 Å². The van der Waals surface area contributed by atoms with Gasteiger partial charge in [-0.25, -0.2) is 0 Å². The molecule has 20 heavy (non-hydrogen) atoms.